The fourth-order valence-corrected chi connectivity index (χ4v) is 0. The lowest BCUT2D eigenvalue weighted by atomic mass is 10.4. The van der Waals surface area contributed by atoms with Crippen molar-refractivity contribution in [3.8, 4) is 0 Å². The summed E-state index contributed by atoms with van der Waals surface area (Å²) in [5, 5.41) is 16.3. The van der Waals surface area contributed by atoms with Gasteiger partial charge in [-0.3, -0.25) is 9.59 Å². The molecular weight excluding hydrogens is 164 g/mol. The third kappa shape index (κ3) is 11.6. The molecular formula is C6H14N2O4. The Bertz CT molecular complexity index is 138. The zero-order valence-corrected chi connectivity index (χ0v) is 7.02. The topological polar surface area (TPSA) is 127 Å². The monoisotopic (exact) mass is 178 g/mol. The van der Waals surface area contributed by atoms with Crippen molar-refractivity contribution in [2.24, 2.45) is 11.5 Å². The summed E-state index contributed by atoms with van der Waals surface area (Å²) in [6.07, 6.45) is -2.02. The summed E-state index contributed by atoms with van der Waals surface area (Å²) >= 11 is 0. The van der Waals surface area contributed by atoms with Gasteiger partial charge in [-0.05, 0) is 13.8 Å². The molecule has 0 spiro atoms. The fraction of sp³-hybridized carbons (Fsp3) is 0.667. The van der Waals surface area contributed by atoms with Crippen LogP contribution in [0.3, 0.4) is 0 Å². The molecule has 0 aliphatic carbocycles. The number of rotatable bonds is 2. The van der Waals surface area contributed by atoms with Crippen LogP contribution in [0.1, 0.15) is 13.8 Å². The van der Waals surface area contributed by atoms with Crippen molar-refractivity contribution in [2.75, 3.05) is 0 Å². The number of aliphatic hydroxyl groups is 2. The maximum Gasteiger partial charge on any atom is 0.245 e. The van der Waals surface area contributed by atoms with Crippen LogP contribution in [0.15, 0.2) is 0 Å². The van der Waals surface area contributed by atoms with Crippen LogP contribution in [-0.4, -0.2) is 34.2 Å². The zero-order valence-electron chi connectivity index (χ0n) is 7.02. The van der Waals surface area contributed by atoms with Gasteiger partial charge in [-0.2, -0.15) is 0 Å². The first-order valence-corrected chi connectivity index (χ1v) is 3.23. The number of aliphatic hydroxyl groups excluding tert-OH is 2. The minimum absolute atomic E-state index is 0.685. The molecule has 2 atom stereocenters. The molecule has 0 saturated carbocycles. The molecule has 0 aliphatic rings. The average Bonchev–Trinajstić information content (AvgIpc) is 1.88. The molecule has 6 nitrogen and oxygen atoms in total. The van der Waals surface area contributed by atoms with E-state index >= 15 is 0 Å². The van der Waals surface area contributed by atoms with Gasteiger partial charge in [0.2, 0.25) is 11.8 Å². The molecule has 0 saturated heterocycles. The normalized spacial score (nSPS) is 13.7. The Morgan fingerprint density at radius 1 is 1.00 bits per heavy atom. The van der Waals surface area contributed by atoms with Gasteiger partial charge in [0.25, 0.3) is 0 Å². The van der Waals surface area contributed by atoms with E-state index in [1.807, 2.05) is 0 Å². The number of hydrogen-bond donors (Lipinski definition) is 4. The van der Waals surface area contributed by atoms with Crippen molar-refractivity contribution in [2.45, 2.75) is 26.1 Å². The Morgan fingerprint density at radius 3 is 1.08 bits per heavy atom. The Balaban J connectivity index is 0. The van der Waals surface area contributed by atoms with E-state index in [0.29, 0.717) is 0 Å². The van der Waals surface area contributed by atoms with Gasteiger partial charge in [-0.25, -0.2) is 0 Å². The third-order valence-electron chi connectivity index (χ3n) is 0.824. The summed E-state index contributed by atoms with van der Waals surface area (Å²) in [5.41, 5.74) is 9.09. The number of hydrogen-bond acceptors (Lipinski definition) is 4. The molecule has 72 valence electrons. The van der Waals surface area contributed by atoms with E-state index in [2.05, 4.69) is 11.5 Å². The Hall–Kier alpha value is -1.14. The Kier molecular flexibility index (Phi) is 7.36. The van der Waals surface area contributed by atoms with Crippen LogP contribution in [-0.2, 0) is 9.59 Å². The summed E-state index contributed by atoms with van der Waals surface area (Å²) in [4.78, 5) is 19.3. The first kappa shape index (κ1) is 13.4. The molecule has 0 fully saturated rings. The van der Waals surface area contributed by atoms with E-state index in [-0.39, 0.29) is 0 Å². The smallest absolute Gasteiger partial charge is 0.245 e. The molecule has 12 heavy (non-hydrogen) atoms. The van der Waals surface area contributed by atoms with Gasteiger partial charge in [-0.1, -0.05) is 0 Å². The van der Waals surface area contributed by atoms with Crippen LogP contribution in [0.2, 0.25) is 0 Å². The van der Waals surface area contributed by atoms with Crippen LogP contribution >= 0.6 is 0 Å². The van der Waals surface area contributed by atoms with E-state index in [1.54, 1.807) is 0 Å². The maximum atomic E-state index is 9.67. The van der Waals surface area contributed by atoms with Gasteiger partial charge in [0.1, 0.15) is 12.2 Å². The minimum atomic E-state index is -1.01. The van der Waals surface area contributed by atoms with Crippen LogP contribution in [0, 0.1) is 0 Å². The van der Waals surface area contributed by atoms with E-state index in [9.17, 15) is 9.59 Å². The number of carbonyl (C=O) groups excluding carboxylic acids is 2. The van der Waals surface area contributed by atoms with Crippen LogP contribution < -0.4 is 11.5 Å². The summed E-state index contributed by atoms with van der Waals surface area (Å²) in [6.45, 7) is 2.64. The van der Waals surface area contributed by atoms with E-state index in [4.69, 9.17) is 10.2 Å². The number of nitrogens with two attached hydrogens (primary N) is 2. The van der Waals surface area contributed by atoms with Crippen molar-refractivity contribution in [1.82, 2.24) is 0 Å². The molecule has 0 rings (SSSR count). The fourth-order valence-electron chi connectivity index (χ4n) is 0. The first-order chi connectivity index (χ1) is 5.29. The van der Waals surface area contributed by atoms with E-state index in [1.165, 1.54) is 13.8 Å². The largest absolute Gasteiger partial charge is 0.384 e. The molecule has 6 N–H and O–H groups in total. The van der Waals surface area contributed by atoms with Crippen LogP contribution in [0.5, 0.6) is 0 Å². The van der Waals surface area contributed by atoms with Crippen molar-refractivity contribution >= 4 is 11.8 Å². The second-order valence-corrected chi connectivity index (χ2v) is 2.16. The Labute approximate surface area is 70.2 Å². The molecule has 2 unspecified atom stereocenters. The molecule has 0 aromatic rings. The molecule has 0 aliphatic heterocycles. The second-order valence-electron chi connectivity index (χ2n) is 2.16. The van der Waals surface area contributed by atoms with Gasteiger partial charge in [0.15, 0.2) is 0 Å². The minimum Gasteiger partial charge on any atom is -0.384 e. The predicted octanol–water partition coefficient (Wildman–Crippen LogP) is -2.29. The summed E-state index contributed by atoms with van der Waals surface area (Å²) in [6, 6.07) is 0. The standard InChI is InChI=1S/2C3H7NO2/c2*1-2(5)3(4)6/h2*2,5H,1H3,(H2,4,6). The lowest BCUT2D eigenvalue weighted by Gasteiger charge is -1.90. The van der Waals surface area contributed by atoms with Gasteiger partial charge in [0, 0.05) is 0 Å². The third-order valence-corrected chi connectivity index (χ3v) is 0.824. The van der Waals surface area contributed by atoms with Gasteiger partial charge in [-0.15, -0.1) is 0 Å². The van der Waals surface area contributed by atoms with Crippen molar-refractivity contribution in [1.29, 1.82) is 0 Å². The highest BCUT2D eigenvalue weighted by Crippen LogP contribution is 1.70. The highest BCUT2D eigenvalue weighted by Gasteiger charge is 1.98. The predicted molar refractivity (Wildman–Crippen MR) is 41.8 cm³/mol. The lowest BCUT2D eigenvalue weighted by molar-refractivity contribution is -0.125. The molecule has 0 heterocycles. The van der Waals surface area contributed by atoms with Crippen LogP contribution in [0.4, 0.5) is 0 Å². The maximum absolute atomic E-state index is 9.67. The van der Waals surface area contributed by atoms with Crippen LogP contribution in [0.25, 0.3) is 0 Å². The van der Waals surface area contributed by atoms with Gasteiger partial charge < -0.3 is 21.7 Å². The molecule has 0 aromatic carbocycles. The number of amides is 2. The average molecular weight is 178 g/mol. The first-order valence-electron chi connectivity index (χ1n) is 3.23. The lowest BCUT2D eigenvalue weighted by Crippen LogP contribution is -2.24. The summed E-state index contributed by atoms with van der Waals surface area (Å²) in [7, 11) is 0. The zero-order chi connectivity index (χ0) is 10.3. The molecule has 6 heteroatoms. The van der Waals surface area contributed by atoms with Gasteiger partial charge >= 0.3 is 0 Å². The van der Waals surface area contributed by atoms with Crippen molar-refractivity contribution in [3.63, 3.8) is 0 Å². The summed E-state index contributed by atoms with van der Waals surface area (Å²) in [5.74, 6) is -1.37. The number of primary amides is 2. The number of carbonyl (C=O) groups is 2. The molecule has 0 aromatic heterocycles. The van der Waals surface area contributed by atoms with Gasteiger partial charge in [0.05, 0.1) is 0 Å². The Morgan fingerprint density at radius 2 is 1.08 bits per heavy atom. The molecule has 0 radical (unpaired) electrons. The summed E-state index contributed by atoms with van der Waals surface area (Å²) < 4.78 is 0. The van der Waals surface area contributed by atoms with E-state index in [0.717, 1.165) is 0 Å². The van der Waals surface area contributed by atoms with Crippen molar-refractivity contribution < 1.29 is 19.8 Å². The second kappa shape index (κ2) is 6.56. The molecule has 2 amide bonds. The SMILES string of the molecule is CC(O)C(N)=O.CC(O)C(N)=O. The quantitative estimate of drug-likeness (QED) is 0.379. The van der Waals surface area contributed by atoms with E-state index < -0.39 is 24.0 Å². The highest BCUT2D eigenvalue weighted by atomic mass is 16.3. The van der Waals surface area contributed by atoms with Crippen molar-refractivity contribution in [3.05, 3.63) is 0 Å². The highest BCUT2D eigenvalue weighted by molar-refractivity contribution is 5.78. The molecule has 0 bridgehead atoms.